The van der Waals surface area contributed by atoms with Gasteiger partial charge in [-0.3, -0.25) is 0 Å². The second-order valence-electron chi connectivity index (χ2n) is 7.63. The molecule has 2 aromatic rings. The van der Waals surface area contributed by atoms with E-state index < -0.39 is 0 Å². The average Bonchev–Trinajstić information content (AvgIpc) is 3.20. The van der Waals surface area contributed by atoms with Gasteiger partial charge in [-0.1, -0.05) is 35.5 Å². The highest BCUT2D eigenvalue weighted by Gasteiger charge is 2.38. The number of aromatic nitrogens is 2. The molecule has 7 heteroatoms. The van der Waals surface area contributed by atoms with Crippen LogP contribution in [-0.4, -0.2) is 47.4 Å². The Morgan fingerprint density at radius 1 is 1.22 bits per heavy atom. The van der Waals surface area contributed by atoms with E-state index in [0.717, 1.165) is 51.1 Å². The molecule has 0 bridgehead atoms. The normalized spacial score (nSPS) is 20.4. The molecule has 1 spiro atoms. The molecular weight excluding hydrogens is 344 g/mol. The van der Waals surface area contributed by atoms with Gasteiger partial charge in [0.05, 0.1) is 0 Å². The van der Waals surface area contributed by atoms with Crippen molar-refractivity contribution < 1.29 is 14.1 Å². The number of likely N-dealkylation sites (tertiary alicyclic amines) is 1. The van der Waals surface area contributed by atoms with E-state index in [1.807, 2.05) is 42.2 Å². The summed E-state index contributed by atoms with van der Waals surface area (Å²) in [5, 5.41) is 7.04. The highest BCUT2D eigenvalue weighted by Crippen LogP contribution is 2.39. The molecule has 7 nitrogen and oxygen atoms in total. The highest BCUT2D eigenvalue weighted by atomic mass is 16.5. The average molecular weight is 370 g/mol. The molecule has 0 aliphatic carbocycles. The van der Waals surface area contributed by atoms with E-state index >= 15 is 0 Å². The molecule has 3 heterocycles. The van der Waals surface area contributed by atoms with Crippen LogP contribution in [0.5, 0.6) is 0 Å². The number of rotatable bonds is 3. The lowest BCUT2D eigenvalue weighted by Crippen LogP contribution is -2.51. The Kier molecular flexibility index (Phi) is 5.11. The maximum absolute atomic E-state index is 12.8. The summed E-state index contributed by atoms with van der Waals surface area (Å²) in [6.07, 6.45) is 4.30. The lowest BCUT2D eigenvalue weighted by atomic mass is 9.74. The van der Waals surface area contributed by atoms with Crippen molar-refractivity contribution in [3.05, 3.63) is 36.2 Å². The smallest absolute Gasteiger partial charge is 0.318 e. The summed E-state index contributed by atoms with van der Waals surface area (Å²) in [6.45, 7) is 5.06. The molecule has 2 amide bonds. The fourth-order valence-electron chi connectivity index (χ4n) is 4.05. The second kappa shape index (κ2) is 7.68. The number of carbonyl (C=O) groups excluding carboxylic acids is 1. The van der Waals surface area contributed by atoms with Gasteiger partial charge in [-0.2, -0.15) is 4.98 Å². The van der Waals surface area contributed by atoms with Crippen molar-refractivity contribution in [2.24, 2.45) is 5.41 Å². The molecule has 27 heavy (non-hydrogen) atoms. The zero-order valence-corrected chi connectivity index (χ0v) is 15.7. The Bertz CT molecular complexity index is 765. The highest BCUT2D eigenvalue weighted by molar-refractivity contribution is 5.74. The number of urea groups is 1. The molecule has 0 radical (unpaired) electrons. The minimum atomic E-state index is -0.338. The first-order chi connectivity index (χ1) is 13.2. The van der Waals surface area contributed by atoms with Crippen molar-refractivity contribution in [3.63, 3.8) is 0 Å². The number of piperidine rings is 1. The van der Waals surface area contributed by atoms with Crippen LogP contribution >= 0.6 is 0 Å². The van der Waals surface area contributed by atoms with E-state index in [1.54, 1.807) is 0 Å². The van der Waals surface area contributed by atoms with Gasteiger partial charge < -0.3 is 19.5 Å². The molecule has 1 aromatic carbocycles. The minimum absolute atomic E-state index is 0.0625. The molecule has 2 fully saturated rings. The third-order valence-electron chi connectivity index (χ3n) is 5.69. The number of nitrogens with zero attached hydrogens (tertiary/aromatic N) is 3. The van der Waals surface area contributed by atoms with E-state index in [1.165, 1.54) is 6.42 Å². The number of amides is 2. The molecule has 144 valence electrons. The molecular formula is C20H26N4O3. The quantitative estimate of drug-likeness (QED) is 0.896. The molecule has 2 saturated heterocycles. The number of benzene rings is 1. The van der Waals surface area contributed by atoms with Crippen LogP contribution in [0.15, 0.2) is 34.9 Å². The third-order valence-corrected chi connectivity index (χ3v) is 5.69. The lowest BCUT2D eigenvalue weighted by Gasteiger charge is -2.45. The first-order valence-electron chi connectivity index (χ1n) is 9.67. The van der Waals surface area contributed by atoms with Crippen LogP contribution in [-0.2, 0) is 4.74 Å². The van der Waals surface area contributed by atoms with Crippen LogP contribution in [0.1, 0.15) is 44.5 Å². The van der Waals surface area contributed by atoms with E-state index in [-0.39, 0.29) is 17.5 Å². The van der Waals surface area contributed by atoms with Crippen LogP contribution in [0, 0.1) is 5.41 Å². The van der Waals surface area contributed by atoms with Crippen LogP contribution in [0.4, 0.5) is 4.79 Å². The van der Waals surface area contributed by atoms with Crippen LogP contribution in [0.3, 0.4) is 0 Å². The molecule has 1 atom stereocenters. The van der Waals surface area contributed by atoms with Crippen molar-refractivity contribution in [1.82, 2.24) is 20.4 Å². The van der Waals surface area contributed by atoms with Gasteiger partial charge in [0.2, 0.25) is 11.7 Å². The van der Waals surface area contributed by atoms with Crippen molar-refractivity contribution >= 4 is 6.03 Å². The molecule has 1 aromatic heterocycles. The summed E-state index contributed by atoms with van der Waals surface area (Å²) in [5.41, 5.74) is 1.12. The fourth-order valence-corrected chi connectivity index (χ4v) is 4.05. The van der Waals surface area contributed by atoms with Gasteiger partial charge in [0.1, 0.15) is 6.04 Å². The largest absolute Gasteiger partial charge is 0.381 e. The molecule has 0 saturated carbocycles. The van der Waals surface area contributed by atoms with Crippen LogP contribution < -0.4 is 5.32 Å². The van der Waals surface area contributed by atoms with Crippen LogP contribution in [0.25, 0.3) is 11.4 Å². The molecule has 2 aliphatic heterocycles. The Labute approximate surface area is 159 Å². The molecule has 1 N–H and O–H groups in total. The summed E-state index contributed by atoms with van der Waals surface area (Å²) in [6, 6.07) is 9.26. The number of carbonyl (C=O) groups is 1. The number of ether oxygens (including phenoxy) is 1. The summed E-state index contributed by atoms with van der Waals surface area (Å²) in [7, 11) is 0. The number of hydrogen-bond acceptors (Lipinski definition) is 5. The first kappa shape index (κ1) is 18.0. The van der Waals surface area contributed by atoms with Gasteiger partial charge in [0.15, 0.2) is 0 Å². The van der Waals surface area contributed by atoms with E-state index in [2.05, 4.69) is 15.5 Å². The summed E-state index contributed by atoms with van der Waals surface area (Å²) >= 11 is 0. The fraction of sp³-hybridized carbons (Fsp3) is 0.550. The van der Waals surface area contributed by atoms with Gasteiger partial charge >= 0.3 is 6.03 Å². The topological polar surface area (TPSA) is 80.5 Å². The summed E-state index contributed by atoms with van der Waals surface area (Å²) in [5.74, 6) is 0.950. The zero-order valence-electron chi connectivity index (χ0n) is 15.7. The molecule has 2 aliphatic rings. The van der Waals surface area contributed by atoms with Crippen molar-refractivity contribution in [1.29, 1.82) is 0 Å². The third kappa shape index (κ3) is 3.98. The Balaban J connectivity index is 1.38. The van der Waals surface area contributed by atoms with Gasteiger partial charge in [0.25, 0.3) is 0 Å². The minimum Gasteiger partial charge on any atom is -0.381 e. The Morgan fingerprint density at radius 2 is 2.00 bits per heavy atom. The first-order valence-corrected chi connectivity index (χ1v) is 9.67. The summed E-state index contributed by atoms with van der Waals surface area (Å²) < 4.78 is 10.9. The SMILES string of the molecule is C[C@H](NC(=O)N1CCCC2(CCOCC2)C1)c1nc(-c2ccccc2)no1. The molecule has 0 unspecified atom stereocenters. The summed E-state index contributed by atoms with van der Waals surface area (Å²) in [4.78, 5) is 19.1. The van der Waals surface area contributed by atoms with Gasteiger partial charge in [-0.05, 0) is 38.0 Å². The number of nitrogens with one attached hydrogen (secondary N) is 1. The Morgan fingerprint density at radius 3 is 2.78 bits per heavy atom. The Hall–Kier alpha value is -2.41. The number of hydrogen-bond donors (Lipinski definition) is 1. The predicted molar refractivity (Wildman–Crippen MR) is 100.0 cm³/mol. The standard InChI is InChI=1S/C20H26N4O3/c1-15(18-22-17(23-27-18)16-6-3-2-4-7-16)21-19(25)24-11-5-8-20(14-24)9-12-26-13-10-20/h2-4,6-7,15H,5,8-14H2,1H3,(H,21,25)/t15-/m0/s1. The van der Waals surface area contributed by atoms with Crippen molar-refractivity contribution in [2.45, 2.75) is 38.6 Å². The van der Waals surface area contributed by atoms with Gasteiger partial charge in [-0.25, -0.2) is 4.79 Å². The molecule has 4 rings (SSSR count). The predicted octanol–water partition coefficient (Wildman–Crippen LogP) is 3.40. The monoisotopic (exact) mass is 370 g/mol. The maximum atomic E-state index is 12.8. The van der Waals surface area contributed by atoms with Crippen molar-refractivity contribution in [3.8, 4) is 11.4 Å². The zero-order chi connectivity index (χ0) is 18.7. The van der Waals surface area contributed by atoms with Crippen molar-refractivity contribution in [2.75, 3.05) is 26.3 Å². The van der Waals surface area contributed by atoms with Crippen LogP contribution in [0.2, 0.25) is 0 Å². The van der Waals surface area contributed by atoms with E-state index in [9.17, 15) is 4.79 Å². The lowest BCUT2D eigenvalue weighted by molar-refractivity contribution is -0.0188. The maximum Gasteiger partial charge on any atom is 0.318 e. The van der Waals surface area contributed by atoms with Gasteiger partial charge in [-0.15, -0.1) is 0 Å². The second-order valence-corrected chi connectivity index (χ2v) is 7.63. The van der Waals surface area contributed by atoms with E-state index in [4.69, 9.17) is 9.26 Å². The van der Waals surface area contributed by atoms with Gasteiger partial charge in [0, 0.05) is 31.9 Å². The van der Waals surface area contributed by atoms with E-state index in [0.29, 0.717) is 11.7 Å².